The third-order valence-corrected chi connectivity index (χ3v) is 0. The molecule has 0 fully saturated rings. The van der Waals surface area contributed by atoms with Crippen LogP contribution in [-0.2, 0) is 23.9 Å². The zero-order chi connectivity index (χ0) is 2.71. The number of hydrogen-bond donors (Lipinski definition) is 0. The van der Waals surface area contributed by atoms with Crippen LogP contribution in [0, 0.1) is 0 Å². The average Bonchev–Trinajstić information content (AvgIpc) is 0.918. The maximum atomic E-state index is 8.79. The summed E-state index contributed by atoms with van der Waals surface area (Å²) < 4.78 is 8.79. The Morgan fingerprint density at radius 3 is 1.75 bits per heavy atom. The van der Waals surface area contributed by atoms with Crippen LogP contribution in [0.15, 0.2) is 0 Å². The van der Waals surface area contributed by atoms with Crippen molar-refractivity contribution in [3.8, 4) is 0 Å². The zero-order valence-electron chi connectivity index (χ0n) is 2.27. The Morgan fingerprint density at radius 2 is 1.75 bits per heavy atom. The van der Waals surface area contributed by atoms with E-state index in [9.17, 15) is 0 Å². The third-order valence-electron chi connectivity index (χ3n) is 0. The van der Waals surface area contributed by atoms with Crippen LogP contribution in [0.2, 0.25) is 0 Å². The quantitative estimate of drug-likeness (QED) is 0.370. The normalized spacial score (nSPS) is 3.00. The van der Waals surface area contributed by atoms with Gasteiger partial charge in [0.05, 0.1) is 0 Å². The summed E-state index contributed by atoms with van der Waals surface area (Å²) in [5, 5.41) is 0. The van der Waals surface area contributed by atoms with Gasteiger partial charge in [-0.15, -0.1) is 0 Å². The molecule has 2 radical (unpaired) electrons. The van der Waals surface area contributed by atoms with E-state index in [1.54, 1.807) is 0 Å². The molecule has 0 saturated heterocycles. The monoisotopic (exact) mass is 120 g/mol. The molecule has 0 aliphatic heterocycles. The zero-order valence-corrected chi connectivity index (χ0v) is 6.39. The molecule has 0 N–H and O–H groups in total. The van der Waals surface area contributed by atoms with Gasteiger partial charge in [-0.25, -0.2) is 0 Å². The Balaban J connectivity index is 0. The van der Waals surface area contributed by atoms with Gasteiger partial charge in [-0.1, -0.05) is 0 Å². The van der Waals surface area contributed by atoms with E-state index in [1.807, 2.05) is 0 Å². The van der Waals surface area contributed by atoms with Crippen molar-refractivity contribution in [3.05, 3.63) is 0 Å². The fourth-order valence-corrected chi connectivity index (χ4v) is 0. The van der Waals surface area contributed by atoms with Gasteiger partial charge in [0.25, 0.3) is 0 Å². The van der Waals surface area contributed by atoms with E-state index < -0.39 is 9.28 Å². The van der Waals surface area contributed by atoms with Crippen molar-refractivity contribution in [1.82, 2.24) is 0 Å². The summed E-state index contributed by atoms with van der Waals surface area (Å²) in [4.78, 5) is 0. The summed E-state index contributed by atoms with van der Waals surface area (Å²) in [7, 11) is 3.37. The van der Waals surface area contributed by atoms with Gasteiger partial charge < -0.3 is 4.46 Å². The van der Waals surface area contributed by atoms with Crippen LogP contribution in [-0.4, -0.2) is 16.7 Å². The third kappa shape index (κ3) is 15.8. The Hall–Kier alpha value is 0.705. The first-order chi connectivity index (χ1) is 1.41. The molecular formula is HBOSiZn. The van der Waals surface area contributed by atoms with Crippen LogP contribution < -0.4 is 0 Å². The van der Waals surface area contributed by atoms with Crippen molar-refractivity contribution in [1.29, 1.82) is 0 Å². The number of hydrogen-bond acceptors (Lipinski definition) is 1. The number of rotatable bonds is 0. The largest absolute Gasteiger partial charge is 0.404 e. The summed E-state index contributed by atoms with van der Waals surface area (Å²) in [6.07, 6.45) is 0. The van der Waals surface area contributed by atoms with Crippen LogP contribution in [0.25, 0.3) is 0 Å². The van der Waals surface area contributed by atoms with Crippen molar-refractivity contribution in [2.75, 3.05) is 0 Å². The van der Waals surface area contributed by atoms with E-state index in [2.05, 4.69) is 7.44 Å². The summed E-state index contributed by atoms with van der Waals surface area (Å²) in [5.41, 5.74) is 0. The molecular weight excluding hydrogens is 120 g/mol. The topological polar surface area (TPSA) is 17.1 Å². The summed E-state index contributed by atoms with van der Waals surface area (Å²) in [6.45, 7) is 0. The van der Waals surface area contributed by atoms with Crippen molar-refractivity contribution in [2.45, 2.75) is 0 Å². The van der Waals surface area contributed by atoms with E-state index in [-0.39, 0.29) is 19.5 Å². The van der Waals surface area contributed by atoms with E-state index >= 15 is 0 Å². The molecule has 0 aromatic carbocycles. The second kappa shape index (κ2) is 9.33. The van der Waals surface area contributed by atoms with Gasteiger partial charge in [0.15, 0.2) is 9.28 Å². The Labute approximate surface area is 41.2 Å². The predicted octanol–water partition coefficient (Wildman–Crippen LogP) is -1.15. The van der Waals surface area contributed by atoms with E-state index in [1.165, 1.54) is 0 Å². The fraction of sp³-hybridized carbons (Fsp3) is 0. The van der Waals surface area contributed by atoms with Crippen LogP contribution in [0.5, 0.6) is 0 Å². The van der Waals surface area contributed by atoms with Crippen LogP contribution in [0.1, 0.15) is 0 Å². The summed E-state index contributed by atoms with van der Waals surface area (Å²) >= 11 is 0. The molecule has 0 heterocycles. The SMILES string of the molecule is [B][SiH]=O.[Zn]. The molecule has 0 aliphatic rings. The minimum Gasteiger partial charge on any atom is -0.404 e. The average molecular weight is 121 g/mol. The Morgan fingerprint density at radius 1 is 1.75 bits per heavy atom. The second-order valence-electron chi connectivity index (χ2n) is 0.136. The minimum absolute atomic E-state index is 0. The van der Waals surface area contributed by atoms with Gasteiger partial charge in [-0.3, -0.25) is 0 Å². The van der Waals surface area contributed by atoms with Crippen molar-refractivity contribution >= 4 is 16.7 Å². The first-order valence-electron chi connectivity index (χ1n) is 0.569. The van der Waals surface area contributed by atoms with Crippen LogP contribution >= 0.6 is 0 Å². The first-order valence-corrected chi connectivity index (χ1v) is 1.71. The van der Waals surface area contributed by atoms with Crippen molar-refractivity contribution in [3.63, 3.8) is 0 Å². The Bertz CT molecular complexity index is 15.5. The smallest absolute Gasteiger partial charge is 0.199 e. The molecule has 1 nitrogen and oxygen atoms in total. The van der Waals surface area contributed by atoms with E-state index in [4.69, 9.17) is 4.46 Å². The second-order valence-corrected chi connectivity index (χ2v) is 0.408. The van der Waals surface area contributed by atoms with Gasteiger partial charge in [0.1, 0.15) is 7.44 Å². The molecule has 0 saturated carbocycles. The maximum Gasteiger partial charge on any atom is 0.199 e. The minimum atomic E-state index is -1.00. The molecule has 0 spiro atoms. The molecule has 16 valence electrons. The Kier molecular flexibility index (Phi) is 20.6. The molecule has 0 rings (SSSR count). The van der Waals surface area contributed by atoms with Gasteiger partial charge in [-0.05, 0) is 0 Å². The van der Waals surface area contributed by atoms with Gasteiger partial charge >= 0.3 is 0 Å². The van der Waals surface area contributed by atoms with Gasteiger partial charge in [0.2, 0.25) is 0 Å². The maximum absolute atomic E-state index is 8.79. The van der Waals surface area contributed by atoms with Gasteiger partial charge in [0, 0.05) is 19.5 Å². The van der Waals surface area contributed by atoms with E-state index in [0.29, 0.717) is 0 Å². The van der Waals surface area contributed by atoms with Crippen molar-refractivity contribution in [2.24, 2.45) is 0 Å². The van der Waals surface area contributed by atoms with Crippen LogP contribution in [0.4, 0.5) is 0 Å². The molecule has 0 bridgehead atoms. The molecule has 0 atom stereocenters. The molecule has 4 heavy (non-hydrogen) atoms. The molecule has 0 unspecified atom stereocenters. The summed E-state index contributed by atoms with van der Waals surface area (Å²) in [5.74, 6) is 0. The first kappa shape index (κ1) is 8.83. The summed E-state index contributed by atoms with van der Waals surface area (Å²) in [6, 6.07) is 0. The molecule has 0 aliphatic carbocycles. The molecule has 0 amide bonds. The predicted molar refractivity (Wildman–Crippen MR) is 13.6 cm³/mol. The standard InChI is InChI=1S/BHOSi.Zn/c1-3-2;/h3H;. The molecule has 4 heteroatoms. The fourth-order valence-electron chi connectivity index (χ4n) is 0. The molecule has 0 aromatic rings. The van der Waals surface area contributed by atoms with Crippen molar-refractivity contribution < 1.29 is 23.9 Å². The molecule has 0 aromatic heterocycles. The van der Waals surface area contributed by atoms with Crippen LogP contribution in [0.3, 0.4) is 0 Å². The van der Waals surface area contributed by atoms with Gasteiger partial charge in [-0.2, -0.15) is 0 Å². The van der Waals surface area contributed by atoms with E-state index in [0.717, 1.165) is 0 Å².